The zero-order valence-electron chi connectivity index (χ0n) is 68.8. The first kappa shape index (κ1) is 101. The van der Waals surface area contributed by atoms with Crippen LogP contribution in [0.25, 0.3) is 0 Å². The van der Waals surface area contributed by atoms with Crippen LogP contribution >= 0.6 is 0 Å². The Bertz CT molecular complexity index is 2980. The van der Waals surface area contributed by atoms with Crippen LogP contribution in [0.4, 0.5) is 0 Å². The molecular weight excluding hydrogens is 1460 g/mol. The molecule has 0 spiro atoms. The third-order valence-corrected chi connectivity index (χ3v) is 19.7. The lowest BCUT2D eigenvalue weighted by atomic mass is 9.99. The highest BCUT2D eigenvalue weighted by molar-refractivity contribution is 6.00. The molecule has 0 saturated carbocycles. The zero-order chi connectivity index (χ0) is 84.5. The van der Waals surface area contributed by atoms with E-state index < -0.39 is 168 Å². The molecule has 2 rings (SSSR count). The van der Waals surface area contributed by atoms with Crippen LogP contribution in [0, 0.1) is 23.7 Å². The highest BCUT2D eigenvalue weighted by Gasteiger charge is 2.41. The number of aliphatic carboxylic acids is 1. The number of hydrogen-bond acceptors (Lipinski definition) is 21. The first-order valence-electron chi connectivity index (χ1n) is 41.5. The van der Waals surface area contributed by atoms with E-state index in [1.54, 1.807) is 12.2 Å². The average molecular weight is 1600 g/mol. The highest BCUT2D eigenvalue weighted by Crippen LogP contribution is 2.22. The van der Waals surface area contributed by atoms with Gasteiger partial charge in [-0.25, -0.2) is 4.79 Å². The third kappa shape index (κ3) is 40.8. The van der Waals surface area contributed by atoms with Gasteiger partial charge in [-0.15, -0.1) is 0 Å². The summed E-state index contributed by atoms with van der Waals surface area (Å²) in [4.78, 5) is 201. The Morgan fingerprint density at radius 1 is 0.363 bits per heavy atom. The summed E-state index contributed by atoms with van der Waals surface area (Å²) in [5.74, 6) is -11.5. The molecule has 13 atom stereocenters. The van der Waals surface area contributed by atoms with Crippen LogP contribution < -0.4 is 104 Å². The van der Waals surface area contributed by atoms with Crippen LogP contribution in [0.1, 0.15) is 242 Å². The number of hydrogen-bond donors (Lipinski definition) is 20. The maximum absolute atomic E-state index is 14.8. The van der Waals surface area contributed by atoms with Crippen LogP contribution in [0.5, 0.6) is 0 Å². The summed E-state index contributed by atoms with van der Waals surface area (Å²) in [7, 11) is 0. The number of rotatable bonds is 33. The first-order chi connectivity index (χ1) is 53.7. The van der Waals surface area contributed by atoms with E-state index in [1.165, 1.54) is 4.90 Å². The van der Waals surface area contributed by atoms with Crippen molar-refractivity contribution in [3.05, 3.63) is 12.2 Å². The number of unbranched alkanes of at least 4 members (excludes halogenated alkanes) is 6. The molecule has 0 unspecified atom stereocenters. The molecule has 2 heterocycles. The van der Waals surface area contributed by atoms with Gasteiger partial charge in [-0.2, -0.15) is 0 Å². The number of carbonyl (C=O) groups excluding carboxylic acids is 13. The summed E-state index contributed by atoms with van der Waals surface area (Å²) in [5, 5.41) is 43.4. The van der Waals surface area contributed by atoms with Crippen molar-refractivity contribution in [1.82, 2.24) is 68.7 Å². The molecule has 0 aromatic rings. The van der Waals surface area contributed by atoms with Gasteiger partial charge < -0.3 is 114 Å². The number of nitrogens with two attached hydrogens (primary N) is 7. The van der Waals surface area contributed by atoms with Crippen molar-refractivity contribution in [3.8, 4) is 0 Å². The van der Waals surface area contributed by atoms with Gasteiger partial charge in [0.15, 0.2) is 0 Å². The Morgan fingerprint density at radius 3 is 0.991 bits per heavy atom. The Balaban J connectivity index is 2.81. The topological polar surface area (TPSA) is 589 Å². The molecule has 0 radical (unpaired) electrons. The molecule has 2 aliphatic heterocycles. The molecule has 1 fully saturated rings. The number of carboxylic acids is 1. The second-order valence-electron chi connectivity index (χ2n) is 31.8. The summed E-state index contributed by atoms with van der Waals surface area (Å²) in [5.41, 5.74) is 41.6. The lowest BCUT2D eigenvalue weighted by Gasteiger charge is -2.31. The van der Waals surface area contributed by atoms with Gasteiger partial charge in [-0.05, 0) is 249 Å². The van der Waals surface area contributed by atoms with Gasteiger partial charge in [0, 0.05) is 6.54 Å². The lowest BCUT2D eigenvalue weighted by molar-refractivity contribution is -0.142. The Hall–Kier alpha value is -7.96. The fourth-order valence-corrected chi connectivity index (χ4v) is 13.5. The molecule has 35 heteroatoms. The SMILES string of the molecule is CC(C)C[C@@H]1NC(=O)[C@H](CCCCN)NC(=O)CNC(=O)[C@H]2CCCN2C(=O)[C@H](CCCCN)NC(=O)[C@H](CC(C)C)NC(=O)[C@H](CCCCN)NC(=O)[C@H](CC(C)C)NC(=O)[C@H](CCCCN)NC(=O)[C@@H](N)CC/C=C/CCC[C@@H](C(=O)O)NC(=O)[C@H](CCCCN)NC(=O)[C@H](CC(C)C)NC(=O)[C@H](CCCCN)NC1=O. The van der Waals surface area contributed by atoms with Crippen molar-refractivity contribution in [2.45, 2.75) is 320 Å². The zero-order valence-corrected chi connectivity index (χ0v) is 68.8. The number of fused-ring (bicyclic) bond motifs is 1. The van der Waals surface area contributed by atoms with Gasteiger partial charge in [0.1, 0.15) is 72.5 Å². The van der Waals surface area contributed by atoms with E-state index in [1.807, 2.05) is 55.4 Å². The molecule has 35 nitrogen and oxygen atoms in total. The second kappa shape index (κ2) is 57.1. The second-order valence-corrected chi connectivity index (χ2v) is 31.8. The van der Waals surface area contributed by atoms with E-state index in [2.05, 4.69) is 63.8 Å². The van der Waals surface area contributed by atoms with E-state index in [9.17, 15) is 72.2 Å². The summed E-state index contributed by atoms with van der Waals surface area (Å²) in [6, 6.07) is -16.0. The van der Waals surface area contributed by atoms with Crippen LogP contribution in [-0.4, -0.2) is 224 Å². The maximum Gasteiger partial charge on any atom is 0.326 e. The van der Waals surface area contributed by atoms with Gasteiger partial charge in [0.2, 0.25) is 76.8 Å². The first-order valence-corrected chi connectivity index (χ1v) is 41.5. The van der Waals surface area contributed by atoms with E-state index in [4.69, 9.17) is 40.1 Å². The minimum Gasteiger partial charge on any atom is -0.480 e. The summed E-state index contributed by atoms with van der Waals surface area (Å²) in [6.07, 6.45) is 11.0. The van der Waals surface area contributed by atoms with Crippen LogP contribution in [0.3, 0.4) is 0 Å². The molecule has 646 valence electrons. The van der Waals surface area contributed by atoms with Gasteiger partial charge in [0.05, 0.1) is 12.6 Å². The number of allylic oxidation sites excluding steroid dienone is 2. The molecule has 0 aliphatic carbocycles. The minimum atomic E-state index is -1.38. The Labute approximate surface area is 669 Å². The predicted octanol–water partition coefficient (Wildman–Crippen LogP) is -0.683. The van der Waals surface area contributed by atoms with Crippen LogP contribution in [0.15, 0.2) is 12.2 Å². The number of carbonyl (C=O) groups is 14. The molecule has 27 N–H and O–H groups in total. The molecule has 13 amide bonds. The van der Waals surface area contributed by atoms with Crippen LogP contribution in [0.2, 0.25) is 0 Å². The molecule has 2 aliphatic rings. The normalized spacial score (nSPS) is 25.8. The van der Waals surface area contributed by atoms with Crippen molar-refractivity contribution in [2.24, 2.45) is 63.8 Å². The van der Waals surface area contributed by atoms with Gasteiger partial charge >= 0.3 is 5.97 Å². The van der Waals surface area contributed by atoms with E-state index in [-0.39, 0.29) is 153 Å². The Morgan fingerprint density at radius 2 is 0.655 bits per heavy atom. The molecule has 113 heavy (non-hydrogen) atoms. The molecule has 0 aromatic carbocycles. The predicted molar refractivity (Wildman–Crippen MR) is 432 cm³/mol. The summed E-state index contributed by atoms with van der Waals surface area (Å²) < 4.78 is 0. The molecule has 1 saturated heterocycles. The van der Waals surface area contributed by atoms with Crippen molar-refractivity contribution in [2.75, 3.05) is 52.4 Å². The van der Waals surface area contributed by atoms with E-state index >= 15 is 0 Å². The van der Waals surface area contributed by atoms with E-state index in [0.717, 1.165) is 0 Å². The highest BCUT2D eigenvalue weighted by atomic mass is 16.4. The fraction of sp³-hybridized carbons (Fsp3) is 0.795. The van der Waals surface area contributed by atoms with E-state index in [0.29, 0.717) is 103 Å². The largest absolute Gasteiger partial charge is 0.480 e. The summed E-state index contributed by atoms with van der Waals surface area (Å²) >= 11 is 0. The van der Waals surface area contributed by atoms with Gasteiger partial charge in [-0.1, -0.05) is 67.5 Å². The molecular formula is C78H144N20O15. The quantitative estimate of drug-likeness (QED) is 0.0286. The number of nitrogens with zero attached hydrogens (tertiary/aromatic N) is 1. The lowest BCUT2D eigenvalue weighted by Crippen LogP contribution is -2.60. The standard InChI is InChI=1S/C78H144N20O15/c1-48(2)43-60-72(106)90-56(31-17-23-39-82)70(104)96-62(45-50(5)6)73(107)89-55(30-16-22-38-81)68(102)93-59(78(112)113)34-13-11-9-10-12-27-52(85)66(100)88-54(29-15-21-37-80)69(103)95-61(44-49(3)4)74(108)91-57(32-18-24-40-83)71(105)97-63(46-51(7)8)75(109)92-58(33-19-25-41-84)77(111)98-42-26-35-64(98)76(110)86-47-65(99)87-53(67(101)94-60)28-14-20-36-79/h9-10,48-64H,11-47,79-85H2,1-8H3,(H,86,110)(H,87,99)(H,88,100)(H,89,107)(H,90,106)(H,91,108)(H,92,109)(H,93,102)(H,94,101)(H,95,103)(H,96,104)(H,97,105)(H,112,113)/b10-9+/t52-,53-,54-,55-,56-,57-,58-,59-,60-,61-,62-,63-,64+/m0/s1. The molecule has 0 aromatic heterocycles. The minimum absolute atomic E-state index is 0.0209. The maximum atomic E-state index is 14.8. The van der Waals surface area contributed by atoms with Gasteiger partial charge in [-0.3, -0.25) is 62.3 Å². The van der Waals surface area contributed by atoms with Crippen molar-refractivity contribution < 1.29 is 72.2 Å². The molecule has 0 bridgehead atoms. The number of carboxylic acid groups (broad SMARTS) is 1. The average Bonchev–Trinajstić information content (AvgIpc) is 1.65. The van der Waals surface area contributed by atoms with Gasteiger partial charge in [0.25, 0.3) is 0 Å². The summed E-state index contributed by atoms with van der Waals surface area (Å²) in [6.45, 7) is 15.7. The van der Waals surface area contributed by atoms with Crippen molar-refractivity contribution in [3.63, 3.8) is 0 Å². The monoisotopic (exact) mass is 1600 g/mol. The Kier molecular flexibility index (Phi) is 51.1. The number of nitrogens with one attached hydrogen (secondary N) is 12. The smallest absolute Gasteiger partial charge is 0.326 e. The van der Waals surface area contributed by atoms with Crippen LogP contribution in [-0.2, 0) is 67.1 Å². The number of amides is 13. The van der Waals surface area contributed by atoms with Crippen molar-refractivity contribution in [1.29, 1.82) is 0 Å². The fourth-order valence-electron chi connectivity index (χ4n) is 13.5. The third-order valence-electron chi connectivity index (χ3n) is 19.7. The van der Waals surface area contributed by atoms with Crippen molar-refractivity contribution >= 4 is 82.8 Å².